The normalized spacial score (nSPS) is 9.92. The molecule has 0 bridgehead atoms. The number of amides is 1. The first kappa shape index (κ1) is 9.33. The molecule has 0 fully saturated rings. The molecule has 0 saturated heterocycles. The predicted molar refractivity (Wildman–Crippen MR) is 42.6 cm³/mol. The maximum Gasteiger partial charge on any atom is 0.286 e. The maximum atomic E-state index is 10.9. The highest BCUT2D eigenvalue weighted by molar-refractivity contribution is 5.89. The van der Waals surface area contributed by atoms with Crippen LogP contribution in [-0.4, -0.2) is 33.0 Å². The quantitative estimate of drug-likeness (QED) is 0.554. The Bertz CT molecular complexity index is 332. The largest absolute Gasteiger partial charge is 0.363 e. The van der Waals surface area contributed by atoms with Gasteiger partial charge < -0.3 is 11.5 Å². The molecule has 0 aliphatic rings. The number of nitrogens with zero attached hydrogens (tertiary/aromatic N) is 3. The van der Waals surface area contributed by atoms with E-state index in [0.29, 0.717) is 0 Å². The molecule has 0 unspecified atom stereocenters. The van der Waals surface area contributed by atoms with E-state index in [-0.39, 0.29) is 24.7 Å². The number of aromatic nitrogens is 3. The third-order valence-electron chi connectivity index (χ3n) is 1.39. The lowest BCUT2D eigenvalue weighted by Gasteiger charge is -2.00. The van der Waals surface area contributed by atoms with E-state index in [1.54, 1.807) is 0 Å². The molecular formula is C6H9N5O2. The van der Waals surface area contributed by atoms with Crippen LogP contribution in [0.3, 0.4) is 0 Å². The van der Waals surface area contributed by atoms with Crippen molar-refractivity contribution in [1.29, 1.82) is 0 Å². The van der Waals surface area contributed by atoms with Crippen molar-refractivity contribution in [3.05, 3.63) is 12.2 Å². The summed E-state index contributed by atoms with van der Waals surface area (Å²) in [5.41, 5.74) is 10.1. The average Bonchev–Trinajstić information content (AvgIpc) is 2.52. The second kappa shape index (κ2) is 3.76. The SMILES string of the molecule is NCC(=O)Cn1ncnc1C(N)=O. The monoisotopic (exact) mass is 183 g/mol. The minimum Gasteiger partial charge on any atom is -0.363 e. The average molecular weight is 183 g/mol. The maximum absolute atomic E-state index is 10.9. The summed E-state index contributed by atoms with van der Waals surface area (Å²) in [4.78, 5) is 25.2. The summed E-state index contributed by atoms with van der Waals surface area (Å²) < 4.78 is 1.12. The van der Waals surface area contributed by atoms with Gasteiger partial charge in [0, 0.05) is 0 Å². The van der Waals surface area contributed by atoms with Crippen molar-refractivity contribution >= 4 is 11.7 Å². The van der Waals surface area contributed by atoms with E-state index in [1.807, 2.05) is 0 Å². The number of rotatable bonds is 4. The predicted octanol–water partition coefficient (Wildman–Crippen LogP) is -2.10. The summed E-state index contributed by atoms with van der Waals surface area (Å²) in [7, 11) is 0. The smallest absolute Gasteiger partial charge is 0.286 e. The number of hydrogen-bond acceptors (Lipinski definition) is 5. The number of hydrogen-bond donors (Lipinski definition) is 2. The molecule has 1 rings (SSSR count). The number of carbonyl (C=O) groups excluding carboxylic acids is 2. The lowest BCUT2D eigenvalue weighted by Crippen LogP contribution is -2.25. The Balaban J connectivity index is 2.82. The van der Waals surface area contributed by atoms with Gasteiger partial charge in [-0.15, -0.1) is 0 Å². The summed E-state index contributed by atoms with van der Waals surface area (Å²) in [6.07, 6.45) is 1.16. The molecule has 1 amide bonds. The molecule has 0 saturated carbocycles. The topological polar surface area (TPSA) is 117 Å². The number of nitrogens with two attached hydrogens (primary N) is 2. The molecule has 0 aliphatic carbocycles. The van der Waals surface area contributed by atoms with Crippen LogP contribution in [-0.2, 0) is 11.3 Å². The van der Waals surface area contributed by atoms with Crippen LogP contribution in [0.25, 0.3) is 0 Å². The minimum absolute atomic E-state index is 0.0400. The molecule has 1 aromatic heterocycles. The van der Waals surface area contributed by atoms with Gasteiger partial charge in [-0.1, -0.05) is 0 Å². The van der Waals surface area contributed by atoms with Crippen LogP contribution in [0.15, 0.2) is 6.33 Å². The number of primary amides is 1. The molecule has 4 N–H and O–H groups in total. The van der Waals surface area contributed by atoms with Crippen LogP contribution < -0.4 is 11.5 Å². The van der Waals surface area contributed by atoms with Gasteiger partial charge in [-0.05, 0) is 0 Å². The summed E-state index contributed by atoms with van der Waals surface area (Å²) >= 11 is 0. The van der Waals surface area contributed by atoms with Crippen LogP contribution in [0.2, 0.25) is 0 Å². The highest BCUT2D eigenvalue weighted by Gasteiger charge is 2.11. The van der Waals surface area contributed by atoms with Gasteiger partial charge in [0.2, 0.25) is 5.82 Å². The number of Topliss-reactive ketones (excluding diaryl/α,β-unsaturated/α-hetero) is 1. The zero-order valence-electron chi connectivity index (χ0n) is 6.80. The van der Waals surface area contributed by atoms with Gasteiger partial charge in [0.05, 0.1) is 6.54 Å². The van der Waals surface area contributed by atoms with Crippen molar-refractivity contribution in [2.75, 3.05) is 6.54 Å². The van der Waals surface area contributed by atoms with Crippen molar-refractivity contribution in [2.24, 2.45) is 11.5 Å². The van der Waals surface area contributed by atoms with Crippen LogP contribution >= 0.6 is 0 Å². The molecule has 0 aromatic carbocycles. The first-order valence-electron chi connectivity index (χ1n) is 3.54. The number of carbonyl (C=O) groups is 2. The third kappa shape index (κ3) is 2.09. The molecule has 1 aromatic rings. The van der Waals surface area contributed by atoms with Gasteiger partial charge in [-0.25, -0.2) is 9.67 Å². The molecule has 7 nitrogen and oxygen atoms in total. The van der Waals surface area contributed by atoms with Crippen molar-refractivity contribution < 1.29 is 9.59 Å². The third-order valence-corrected chi connectivity index (χ3v) is 1.39. The first-order chi connectivity index (χ1) is 6.15. The summed E-state index contributed by atoms with van der Waals surface area (Å²) in [5, 5.41) is 3.65. The van der Waals surface area contributed by atoms with Gasteiger partial charge in [-0.3, -0.25) is 9.59 Å². The number of ketones is 1. The molecule has 0 radical (unpaired) electrons. The van der Waals surface area contributed by atoms with Gasteiger partial charge in [0.1, 0.15) is 12.9 Å². The van der Waals surface area contributed by atoms with E-state index >= 15 is 0 Å². The van der Waals surface area contributed by atoms with E-state index in [4.69, 9.17) is 11.5 Å². The fourth-order valence-corrected chi connectivity index (χ4v) is 0.802. The lowest BCUT2D eigenvalue weighted by atomic mass is 10.4. The van der Waals surface area contributed by atoms with Crippen LogP contribution in [0, 0.1) is 0 Å². The van der Waals surface area contributed by atoms with E-state index in [1.165, 1.54) is 0 Å². The zero-order valence-corrected chi connectivity index (χ0v) is 6.80. The van der Waals surface area contributed by atoms with Crippen molar-refractivity contribution in [2.45, 2.75) is 6.54 Å². The molecule has 0 spiro atoms. The second-order valence-corrected chi connectivity index (χ2v) is 2.35. The highest BCUT2D eigenvalue weighted by Crippen LogP contribution is 1.92. The Morgan fingerprint density at radius 2 is 2.23 bits per heavy atom. The van der Waals surface area contributed by atoms with E-state index in [2.05, 4.69) is 10.1 Å². The molecule has 0 aliphatic heterocycles. The zero-order chi connectivity index (χ0) is 9.84. The lowest BCUT2D eigenvalue weighted by molar-refractivity contribution is -0.118. The molecule has 13 heavy (non-hydrogen) atoms. The Morgan fingerprint density at radius 1 is 1.54 bits per heavy atom. The summed E-state index contributed by atoms with van der Waals surface area (Å²) in [5.74, 6) is -1.00. The van der Waals surface area contributed by atoms with Gasteiger partial charge in [-0.2, -0.15) is 5.10 Å². The van der Waals surface area contributed by atoms with E-state index in [0.717, 1.165) is 11.0 Å². The first-order valence-corrected chi connectivity index (χ1v) is 3.54. The van der Waals surface area contributed by atoms with Crippen molar-refractivity contribution in [3.8, 4) is 0 Å². The van der Waals surface area contributed by atoms with Gasteiger partial charge in [0.25, 0.3) is 5.91 Å². The van der Waals surface area contributed by atoms with Crippen molar-refractivity contribution in [3.63, 3.8) is 0 Å². The Morgan fingerprint density at radius 3 is 2.77 bits per heavy atom. The molecular weight excluding hydrogens is 174 g/mol. The van der Waals surface area contributed by atoms with Crippen LogP contribution in [0.5, 0.6) is 0 Å². The highest BCUT2D eigenvalue weighted by atomic mass is 16.1. The molecule has 0 atom stereocenters. The summed E-state index contributed by atoms with van der Waals surface area (Å²) in [6, 6.07) is 0. The van der Waals surface area contributed by atoms with Crippen LogP contribution in [0.1, 0.15) is 10.6 Å². The van der Waals surface area contributed by atoms with Gasteiger partial charge >= 0.3 is 0 Å². The Labute approximate surface area is 73.7 Å². The van der Waals surface area contributed by atoms with Crippen LogP contribution in [0.4, 0.5) is 0 Å². The van der Waals surface area contributed by atoms with Crippen molar-refractivity contribution in [1.82, 2.24) is 14.8 Å². The molecule has 70 valence electrons. The standard InChI is InChI=1S/C6H9N5O2/c7-1-4(12)2-11-6(5(8)13)9-3-10-11/h3H,1-2,7H2,(H2,8,13). The van der Waals surface area contributed by atoms with Gasteiger partial charge in [0.15, 0.2) is 5.78 Å². The molecule has 1 heterocycles. The molecule has 7 heteroatoms. The Hall–Kier alpha value is -1.76. The minimum atomic E-state index is -0.720. The second-order valence-electron chi connectivity index (χ2n) is 2.35. The fraction of sp³-hybridized carbons (Fsp3) is 0.333. The fourth-order valence-electron chi connectivity index (χ4n) is 0.802. The Kier molecular flexibility index (Phi) is 2.70. The summed E-state index contributed by atoms with van der Waals surface area (Å²) in [6.45, 7) is -0.174. The van der Waals surface area contributed by atoms with E-state index < -0.39 is 5.91 Å². The van der Waals surface area contributed by atoms with E-state index in [9.17, 15) is 9.59 Å².